The molecule has 2 aromatic rings. The van der Waals surface area contributed by atoms with E-state index in [0.717, 1.165) is 23.5 Å². The molecule has 0 N–H and O–H groups in total. The molecular formula is C19H26O3. The Morgan fingerprint density at radius 1 is 0.909 bits per heavy atom. The van der Waals surface area contributed by atoms with Crippen molar-refractivity contribution in [3.8, 4) is 11.5 Å². The van der Waals surface area contributed by atoms with Crippen LogP contribution in [0.3, 0.4) is 0 Å². The fourth-order valence-electron chi connectivity index (χ4n) is 2.51. The van der Waals surface area contributed by atoms with E-state index in [4.69, 9.17) is 14.2 Å². The van der Waals surface area contributed by atoms with E-state index in [0.29, 0.717) is 6.61 Å². The molecule has 0 aliphatic carbocycles. The zero-order valence-electron chi connectivity index (χ0n) is 14.4. The van der Waals surface area contributed by atoms with Gasteiger partial charge in [-0.25, -0.2) is 0 Å². The third kappa shape index (κ3) is 3.92. The van der Waals surface area contributed by atoms with Crippen molar-refractivity contribution < 1.29 is 14.2 Å². The Labute approximate surface area is 133 Å². The monoisotopic (exact) mass is 302 g/mol. The Balaban J connectivity index is 2.31. The lowest BCUT2D eigenvalue weighted by Gasteiger charge is -2.18. The van der Waals surface area contributed by atoms with Crippen LogP contribution in [-0.4, -0.2) is 20.8 Å². The SMILES string of the molecule is COc1cc2cc(COCC(C)(C)C)cc(C)c2cc1OC. The van der Waals surface area contributed by atoms with Crippen molar-refractivity contribution in [2.24, 2.45) is 5.41 Å². The molecular weight excluding hydrogens is 276 g/mol. The van der Waals surface area contributed by atoms with Gasteiger partial charge in [0.15, 0.2) is 11.5 Å². The van der Waals surface area contributed by atoms with Gasteiger partial charge in [-0.1, -0.05) is 26.8 Å². The van der Waals surface area contributed by atoms with Gasteiger partial charge >= 0.3 is 0 Å². The van der Waals surface area contributed by atoms with E-state index in [1.807, 2.05) is 12.1 Å². The lowest BCUT2D eigenvalue weighted by atomic mass is 9.98. The molecule has 0 unspecified atom stereocenters. The zero-order valence-corrected chi connectivity index (χ0v) is 14.4. The lowest BCUT2D eigenvalue weighted by Crippen LogP contribution is -2.14. The van der Waals surface area contributed by atoms with Gasteiger partial charge in [-0.15, -0.1) is 0 Å². The topological polar surface area (TPSA) is 27.7 Å². The smallest absolute Gasteiger partial charge is 0.161 e. The summed E-state index contributed by atoms with van der Waals surface area (Å²) in [6, 6.07) is 8.39. The Morgan fingerprint density at radius 2 is 1.55 bits per heavy atom. The predicted octanol–water partition coefficient (Wildman–Crippen LogP) is 4.73. The summed E-state index contributed by atoms with van der Waals surface area (Å²) >= 11 is 0. The Hall–Kier alpha value is -1.74. The number of aryl methyl sites for hydroxylation is 1. The summed E-state index contributed by atoms with van der Waals surface area (Å²) in [6.45, 7) is 10.0. The van der Waals surface area contributed by atoms with Crippen LogP contribution in [0.15, 0.2) is 24.3 Å². The van der Waals surface area contributed by atoms with Crippen molar-refractivity contribution >= 4 is 10.8 Å². The average Bonchev–Trinajstić information content (AvgIpc) is 2.44. The highest BCUT2D eigenvalue weighted by Gasteiger charge is 2.12. The van der Waals surface area contributed by atoms with Crippen molar-refractivity contribution in [3.63, 3.8) is 0 Å². The third-order valence-corrected chi connectivity index (χ3v) is 3.53. The van der Waals surface area contributed by atoms with Crippen LogP contribution in [0.25, 0.3) is 10.8 Å². The highest BCUT2D eigenvalue weighted by Crippen LogP contribution is 2.34. The van der Waals surface area contributed by atoms with Crippen LogP contribution in [0.5, 0.6) is 11.5 Å². The molecule has 0 saturated carbocycles. The second kappa shape index (κ2) is 6.57. The summed E-state index contributed by atoms with van der Waals surface area (Å²) in [5.74, 6) is 1.51. The normalized spacial score (nSPS) is 11.7. The minimum Gasteiger partial charge on any atom is -0.493 e. The second-order valence-corrected chi connectivity index (χ2v) is 6.89. The molecule has 0 aliphatic rings. The van der Waals surface area contributed by atoms with Crippen molar-refractivity contribution in [2.45, 2.75) is 34.3 Å². The summed E-state index contributed by atoms with van der Waals surface area (Å²) in [4.78, 5) is 0. The average molecular weight is 302 g/mol. The quantitative estimate of drug-likeness (QED) is 0.799. The molecule has 0 aromatic heterocycles. The number of hydrogen-bond donors (Lipinski definition) is 0. The fraction of sp³-hybridized carbons (Fsp3) is 0.474. The molecule has 0 radical (unpaired) electrons. The summed E-state index contributed by atoms with van der Waals surface area (Å²) in [5, 5.41) is 2.32. The minimum atomic E-state index is 0.183. The highest BCUT2D eigenvalue weighted by atomic mass is 16.5. The van der Waals surface area contributed by atoms with Crippen LogP contribution in [0.1, 0.15) is 31.9 Å². The molecule has 120 valence electrons. The summed E-state index contributed by atoms with van der Waals surface area (Å²) < 4.78 is 16.6. The van der Waals surface area contributed by atoms with E-state index < -0.39 is 0 Å². The molecule has 0 atom stereocenters. The lowest BCUT2D eigenvalue weighted by molar-refractivity contribution is 0.0599. The predicted molar refractivity (Wildman–Crippen MR) is 90.9 cm³/mol. The summed E-state index contributed by atoms with van der Waals surface area (Å²) in [5.41, 5.74) is 2.58. The van der Waals surface area contributed by atoms with E-state index in [1.165, 1.54) is 16.5 Å². The first-order chi connectivity index (χ1) is 10.3. The standard InChI is InChI=1S/C19H26O3/c1-13-7-14(11-22-12-19(2,3)4)8-15-9-17(20-5)18(21-6)10-16(13)15/h7-10H,11-12H2,1-6H3. The Morgan fingerprint density at radius 3 is 2.14 bits per heavy atom. The maximum Gasteiger partial charge on any atom is 0.161 e. The van der Waals surface area contributed by atoms with Gasteiger partial charge in [-0.2, -0.15) is 0 Å². The van der Waals surface area contributed by atoms with Gasteiger partial charge < -0.3 is 14.2 Å². The molecule has 3 heteroatoms. The van der Waals surface area contributed by atoms with Crippen molar-refractivity contribution in [3.05, 3.63) is 35.4 Å². The Bertz CT molecular complexity index is 654. The van der Waals surface area contributed by atoms with E-state index in [1.54, 1.807) is 14.2 Å². The number of ether oxygens (including phenoxy) is 3. The first kappa shape index (κ1) is 16.6. The van der Waals surface area contributed by atoms with E-state index in [2.05, 4.69) is 39.8 Å². The number of hydrogen-bond acceptors (Lipinski definition) is 3. The van der Waals surface area contributed by atoms with Gasteiger partial charge in [-0.3, -0.25) is 0 Å². The summed E-state index contributed by atoms with van der Waals surface area (Å²) in [7, 11) is 3.32. The molecule has 22 heavy (non-hydrogen) atoms. The largest absolute Gasteiger partial charge is 0.493 e. The molecule has 0 aliphatic heterocycles. The fourth-order valence-corrected chi connectivity index (χ4v) is 2.51. The highest BCUT2D eigenvalue weighted by molar-refractivity contribution is 5.89. The third-order valence-electron chi connectivity index (χ3n) is 3.53. The van der Waals surface area contributed by atoms with Crippen LogP contribution in [-0.2, 0) is 11.3 Å². The van der Waals surface area contributed by atoms with Crippen LogP contribution < -0.4 is 9.47 Å². The zero-order chi connectivity index (χ0) is 16.3. The van der Waals surface area contributed by atoms with Crippen molar-refractivity contribution in [2.75, 3.05) is 20.8 Å². The number of benzene rings is 2. The maximum atomic E-state index is 5.83. The van der Waals surface area contributed by atoms with E-state index in [9.17, 15) is 0 Å². The van der Waals surface area contributed by atoms with Crippen LogP contribution in [0.2, 0.25) is 0 Å². The second-order valence-electron chi connectivity index (χ2n) is 6.89. The first-order valence-electron chi connectivity index (χ1n) is 7.57. The van der Waals surface area contributed by atoms with Gasteiger partial charge in [-0.05, 0) is 52.4 Å². The molecule has 2 rings (SSSR count). The number of methoxy groups -OCH3 is 2. The molecule has 3 nitrogen and oxygen atoms in total. The van der Waals surface area contributed by atoms with Gasteiger partial charge in [0.05, 0.1) is 27.4 Å². The van der Waals surface area contributed by atoms with Crippen LogP contribution >= 0.6 is 0 Å². The van der Waals surface area contributed by atoms with Crippen molar-refractivity contribution in [1.82, 2.24) is 0 Å². The van der Waals surface area contributed by atoms with Crippen LogP contribution in [0, 0.1) is 12.3 Å². The summed E-state index contributed by atoms with van der Waals surface area (Å²) in [6.07, 6.45) is 0. The number of fused-ring (bicyclic) bond motifs is 1. The van der Waals surface area contributed by atoms with Gasteiger partial charge in [0.2, 0.25) is 0 Å². The molecule has 0 spiro atoms. The van der Waals surface area contributed by atoms with Crippen LogP contribution in [0.4, 0.5) is 0 Å². The van der Waals surface area contributed by atoms with E-state index >= 15 is 0 Å². The molecule has 0 amide bonds. The molecule has 2 aromatic carbocycles. The minimum absolute atomic E-state index is 0.183. The Kier molecular flexibility index (Phi) is 4.97. The van der Waals surface area contributed by atoms with E-state index in [-0.39, 0.29) is 5.41 Å². The maximum absolute atomic E-state index is 5.83. The van der Waals surface area contributed by atoms with Gasteiger partial charge in [0, 0.05) is 0 Å². The molecule has 0 bridgehead atoms. The van der Waals surface area contributed by atoms with Gasteiger partial charge in [0.1, 0.15) is 0 Å². The first-order valence-corrected chi connectivity index (χ1v) is 7.57. The van der Waals surface area contributed by atoms with Gasteiger partial charge in [0.25, 0.3) is 0 Å². The molecule has 0 saturated heterocycles. The number of rotatable bonds is 5. The van der Waals surface area contributed by atoms with Crippen molar-refractivity contribution in [1.29, 1.82) is 0 Å². The molecule has 0 fully saturated rings. The molecule has 0 heterocycles.